The minimum Gasteiger partial charge on any atom is -0.478 e. The molecule has 0 bridgehead atoms. The van der Waals surface area contributed by atoms with Crippen LogP contribution in [0.15, 0.2) is 64.4 Å². The maximum Gasteiger partial charge on any atom is 0.335 e. The van der Waals surface area contributed by atoms with Crippen molar-refractivity contribution in [2.24, 2.45) is 0 Å². The van der Waals surface area contributed by atoms with Crippen LogP contribution in [0.2, 0.25) is 0 Å². The summed E-state index contributed by atoms with van der Waals surface area (Å²) >= 11 is 2.42. The van der Waals surface area contributed by atoms with E-state index in [4.69, 9.17) is 0 Å². The molecule has 2 aromatic rings. The third-order valence-corrected chi connectivity index (χ3v) is 6.46. The van der Waals surface area contributed by atoms with Crippen LogP contribution in [-0.2, 0) is 16.1 Å². The molecule has 7 heteroatoms. The number of carboxylic acid groups (broad SMARTS) is 1. The lowest BCUT2D eigenvalue weighted by Crippen LogP contribution is -2.27. The maximum absolute atomic E-state index is 12.7. The molecule has 1 fully saturated rings. The van der Waals surface area contributed by atoms with E-state index >= 15 is 0 Å². The lowest BCUT2D eigenvalue weighted by Gasteiger charge is -2.12. The molecule has 146 valence electrons. The van der Waals surface area contributed by atoms with Crippen molar-refractivity contribution in [3.63, 3.8) is 0 Å². The standard InChI is InChI=1S/C22H17NO4S2/c24-20-19(29-22(27)23(20)12-14-5-2-1-3-6-14)11-18-10-17(13-28-18)15-7-4-8-16(9-15)21(25)26/h1-3,5-6,8-11,13H,4,7,12H2,(H,25,26)/b19-11-. The van der Waals surface area contributed by atoms with Gasteiger partial charge >= 0.3 is 5.97 Å². The first-order chi connectivity index (χ1) is 14.0. The Kier molecular flexibility index (Phi) is 5.51. The smallest absolute Gasteiger partial charge is 0.335 e. The number of allylic oxidation sites excluding steroid dienone is 2. The van der Waals surface area contributed by atoms with Crippen LogP contribution < -0.4 is 0 Å². The molecule has 2 heterocycles. The first kappa shape index (κ1) is 19.4. The predicted molar refractivity (Wildman–Crippen MR) is 115 cm³/mol. The number of amides is 2. The number of thioether (sulfide) groups is 1. The molecule has 1 saturated heterocycles. The summed E-state index contributed by atoms with van der Waals surface area (Å²) in [6.07, 6.45) is 6.63. The molecule has 1 aromatic heterocycles. The Morgan fingerprint density at radius 1 is 1.21 bits per heavy atom. The largest absolute Gasteiger partial charge is 0.478 e. The van der Waals surface area contributed by atoms with E-state index in [1.54, 1.807) is 18.2 Å². The minimum atomic E-state index is -0.926. The van der Waals surface area contributed by atoms with Crippen molar-refractivity contribution in [2.45, 2.75) is 19.4 Å². The molecule has 2 aliphatic rings. The highest BCUT2D eigenvalue weighted by Crippen LogP contribution is 2.36. The molecule has 0 radical (unpaired) electrons. The summed E-state index contributed by atoms with van der Waals surface area (Å²) in [4.78, 5) is 38.7. The number of rotatable bonds is 5. The van der Waals surface area contributed by atoms with E-state index in [0.29, 0.717) is 16.9 Å². The van der Waals surface area contributed by atoms with Gasteiger partial charge in [0.2, 0.25) is 0 Å². The van der Waals surface area contributed by atoms with Gasteiger partial charge in [0.15, 0.2) is 0 Å². The van der Waals surface area contributed by atoms with E-state index in [1.807, 2.05) is 41.8 Å². The predicted octanol–water partition coefficient (Wildman–Crippen LogP) is 5.17. The molecule has 1 aliphatic carbocycles. The van der Waals surface area contributed by atoms with Crippen LogP contribution in [0, 0.1) is 0 Å². The van der Waals surface area contributed by atoms with Gasteiger partial charge in [0.25, 0.3) is 11.1 Å². The second kappa shape index (κ2) is 8.23. The molecular weight excluding hydrogens is 406 g/mol. The quantitative estimate of drug-likeness (QED) is 0.672. The number of thiophene rings is 1. The second-order valence-electron chi connectivity index (χ2n) is 6.66. The van der Waals surface area contributed by atoms with Gasteiger partial charge in [-0.3, -0.25) is 14.5 Å². The Morgan fingerprint density at radius 3 is 2.76 bits per heavy atom. The zero-order valence-electron chi connectivity index (χ0n) is 15.3. The van der Waals surface area contributed by atoms with Gasteiger partial charge in [0.1, 0.15) is 0 Å². The molecule has 0 unspecified atom stereocenters. The van der Waals surface area contributed by atoms with E-state index < -0.39 is 5.97 Å². The molecule has 0 saturated carbocycles. The van der Waals surface area contributed by atoms with E-state index in [2.05, 4.69) is 0 Å². The van der Waals surface area contributed by atoms with Gasteiger partial charge in [-0.05, 0) is 64.9 Å². The van der Waals surface area contributed by atoms with E-state index in [-0.39, 0.29) is 17.7 Å². The molecule has 1 aliphatic heterocycles. The number of hydrogen-bond acceptors (Lipinski definition) is 5. The first-order valence-corrected chi connectivity index (χ1v) is 10.7. The fraction of sp³-hybridized carbons (Fsp3) is 0.136. The molecule has 4 rings (SSSR count). The lowest BCUT2D eigenvalue weighted by molar-refractivity contribution is -0.132. The molecule has 29 heavy (non-hydrogen) atoms. The molecule has 1 N–H and O–H groups in total. The van der Waals surface area contributed by atoms with Crippen molar-refractivity contribution in [1.29, 1.82) is 0 Å². The highest BCUT2D eigenvalue weighted by Gasteiger charge is 2.35. The Labute approximate surface area is 176 Å². The van der Waals surface area contributed by atoms with Crippen LogP contribution >= 0.6 is 23.1 Å². The average molecular weight is 424 g/mol. The fourth-order valence-electron chi connectivity index (χ4n) is 3.21. The van der Waals surface area contributed by atoms with Crippen molar-refractivity contribution in [3.8, 4) is 0 Å². The third kappa shape index (κ3) is 4.26. The van der Waals surface area contributed by atoms with Crippen LogP contribution in [0.4, 0.5) is 4.79 Å². The SMILES string of the molecule is O=C(O)C1=CCCC(c2csc(/C=C3\SC(=O)N(Cc4ccccc4)C3=O)c2)=C1. The molecule has 5 nitrogen and oxygen atoms in total. The van der Waals surface area contributed by atoms with Crippen molar-refractivity contribution in [2.75, 3.05) is 0 Å². The molecular formula is C22H17NO4S2. The van der Waals surface area contributed by atoms with Crippen LogP contribution in [0.25, 0.3) is 11.6 Å². The molecule has 0 spiro atoms. The Hall–Kier alpha value is -2.90. The van der Waals surface area contributed by atoms with Crippen LogP contribution in [-0.4, -0.2) is 27.1 Å². The summed E-state index contributed by atoms with van der Waals surface area (Å²) in [5.41, 5.74) is 3.14. The monoisotopic (exact) mass is 423 g/mol. The van der Waals surface area contributed by atoms with Gasteiger partial charge in [-0.25, -0.2) is 4.79 Å². The van der Waals surface area contributed by atoms with E-state index in [1.165, 1.54) is 16.2 Å². The number of carbonyl (C=O) groups excluding carboxylic acids is 2. The Morgan fingerprint density at radius 2 is 2.00 bits per heavy atom. The van der Waals surface area contributed by atoms with Crippen molar-refractivity contribution in [1.82, 2.24) is 4.90 Å². The topological polar surface area (TPSA) is 74.7 Å². The van der Waals surface area contributed by atoms with Crippen molar-refractivity contribution < 1.29 is 19.5 Å². The minimum absolute atomic E-state index is 0.260. The van der Waals surface area contributed by atoms with Crippen LogP contribution in [0.3, 0.4) is 0 Å². The highest BCUT2D eigenvalue weighted by molar-refractivity contribution is 8.18. The van der Waals surface area contributed by atoms with Gasteiger partial charge in [0.05, 0.1) is 17.0 Å². The molecule has 1 aromatic carbocycles. The van der Waals surface area contributed by atoms with Gasteiger partial charge in [-0.1, -0.05) is 36.4 Å². The van der Waals surface area contributed by atoms with Crippen LogP contribution in [0.5, 0.6) is 0 Å². The van der Waals surface area contributed by atoms with Crippen molar-refractivity contribution in [3.05, 3.63) is 80.4 Å². The normalized spacial score (nSPS) is 18.2. The third-order valence-electron chi connectivity index (χ3n) is 4.68. The fourth-order valence-corrected chi connectivity index (χ4v) is 4.97. The maximum atomic E-state index is 12.7. The number of benzene rings is 1. The second-order valence-corrected chi connectivity index (χ2v) is 8.60. The number of carboxylic acids is 1. The number of nitrogens with zero attached hydrogens (tertiary/aromatic N) is 1. The summed E-state index contributed by atoms with van der Waals surface area (Å²) in [6.45, 7) is 0.260. The van der Waals surface area contributed by atoms with E-state index in [0.717, 1.165) is 39.8 Å². The van der Waals surface area contributed by atoms with Gasteiger partial charge in [-0.15, -0.1) is 11.3 Å². The number of hydrogen-bond donors (Lipinski definition) is 1. The van der Waals surface area contributed by atoms with E-state index in [9.17, 15) is 19.5 Å². The van der Waals surface area contributed by atoms with Gasteiger partial charge in [0, 0.05) is 4.88 Å². The van der Waals surface area contributed by atoms with Gasteiger partial charge < -0.3 is 5.11 Å². The van der Waals surface area contributed by atoms with Gasteiger partial charge in [-0.2, -0.15) is 0 Å². The van der Waals surface area contributed by atoms with Crippen LogP contribution in [0.1, 0.15) is 28.8 Å². The Balaban J connectivity index is 1.52. The Bertz CT molecular complexity index is 1080. The summed E-state index contributed by atoms with van der Waals surface area (Å²) < 4.78 is 0. The number of aliphatic carboxylic acids is 1. The zero-order valence-corrected chi connectivity index (χ0v) is 17.0. The first-order valence-electron chi connectivity index (χ1n) is 9.03. The number of carbonyl (C=O) groups is 3. The number of imide groups is 1. The summed E-state index contributed by atoms with van der Waals surface area (Å²) in [6, 6.07) is 11.4. The lowest BCUT2D eigenvalue weighted by atomic mass is 9.95. The summed E-state index contributed by atoms with van der Waals surface area (Å²) in [5, 5.41) is 10.9. The van der Waals surface area contributed by atoms with Crippen molar-refractivity contribution >= 4 is 51.9 Å². The molecule has 0 atom stereocenters. The summed E-state index contributed by atoms with van der Waals surface area (Å²) in [5.74, 6) is -1.21. The summed E-state index contributed by atoms with van der Waals surface area (Å²) in [7, 11) is 0. The molecule has 2 amide bonds. The average Bonchev–Trinajstić information content (AvgIpc) is 3.29. The zero-order chi connectivity index (χ0) is 20.4. The highest BCUT2D eigenvalue weighted by atomic mass is 32.2.